The van der Waals surface area contributed by atoms with Crippen molar-refractivity contribution < 1.29 is 0 Å². The van der Waals surface area contributed by atoms with E-state index in [0.29, 0.717) is 11.0 Å². The van der Waals surface area contributed by atoms with Gasteiger partial charge in [0.2, 0.25) is 5.95 Å². The van der Waals surface area contributed by atoms with Crippen molar-refractivity contribution in [1.82, 2.24) is 19.5 Å². The third-order valence-electron chi connectivity index (χ3n) is 1.88. The lowest BCUT2D eigenvalue weighted by Gasteiger charge is -2.04. The van der Waals surface area contributed by atoms with Crippen LogP contribution < -0.4 is 17.2 Å². The normalized spacial score (nSPS) is 10.6. The van der Waals surface area contributed by atoms with Gasteiger partial charge in [0, 0.05) is 13.2 Å². The van der Waals surface area contributed by atoms with Gasteiger partial charge in [-0.15, -0.1) is 0 Å². The summed E-state index contributed by atoms with van der Waals surface area (Å²) in [7, 11) is 1.55. The molecule has 0 saturated carbocycles. The van der Waals surface area contributed by atoms with E-state index in [1.54, 1.807) is 7.05 Å². The molecule has 0 spiro atoms. The van der Waals surface area contributed by atoms with E-state index in [9.17, 15) is 4.79 Å². The molecule has 4 N–H and O–H groups in total. The van der Waals surface area contributed by atoms with Gasteiger partial charge in [-0.25, -0.2) is 9.78 Å². The summed E-state index contributed by atoms with van der Waals surface area (Å²) < 4.78 is 1.27. The van der Waals surface area contributed by atoms with Gasteiger partial charge in [0.15, 0.2) is 5.65 Å². The lowest BCUT2D eigenvalue weighted by molar-refractivity contribution is 0.837. The Kier molecular flexibility index (Phi) is 1.60. The van der Waals surface area contributed by atoms with Crippen molar-refractivity contribution >= 4 is 22.8 Å². The lowest BCUT2D eigenvalue weighted by Crippen LogP contribution is -2.21. The fraction of sp³-hybridized carbons (Fsp3) is 0.143. The molecule has 2 aromatic rings. The number of nitrogen functional groups attached to an aromatic ring is 2. The van der Waals surface area contributed by atoms with Crippen LogP contribution in [0.2, 0.25) is 0 Å². The van der Waals surface area contributed by atoms with Gasteiger partial charge in [-0.2, -0.15) is 9.97 Å². The minimum Gasteiger partial charge on any atom is -0.383 e. The number of hydrogen-bond acceptors (Lipinski definition) is 6. The monoisotopic (exact) mass is 192 g/mol. The molecule has 0 aliphatic rings. The van der Waals surface area contributed by atoms with E-state index in [1.807, 2.05) is 0 Å². The van der Waals surface area contributed by atoms with Gasteiger partial charge in [0.1, 0.15) is 5.82 Å². The summed E-state index contributed by atoms with van der Waals surface area (Å²) in [4.78, 5) is 22.4. The van der Waals surface area contributed by atoms with Crippen LogP contribution in [0.15, 0.2) is 11.0 Å². The molecule has 0 radical (unpaired) electrons. The van der Waals surface area contributed by atoms with Gasteiger partial charge >= 0.3 is 5.69 Å². The summed E-state index contributed by atoms with van der Waals surface area (Å²) in [5, 5.41) is 0.515. The second kappa shape index (κ2) is 2.66. The smallest absolute Gasteiger partial charge is 0.348 e. The first kappa shape index (κ1) is 8.42. The molecule has 2 rings (SSSR count). The molecule has 7 nitrogen and oxygen atoms in total. The molecular formula is C7H8N6O. The number of aryl methyl sites for hydroxylation is 1. The van der Waals surface area contributed by atoms with Crippen molar-refractivity contribution in [3.63, 3.8) is 0 Å². The zero-order valence-corrected chi connectivity index (χ0v) is 7.43. The number of anilines is 2. The maximum absolute atomic E-state index is 11.2. The minimum absolute atomic E-state index is 0.0381. The molecule has 2 heterocycles. The highest BCUT2D eigenvalue weighted by Gasteiger charge is 2.06. The molecule has 2 aromatic heterocycles. The number of hydrogen-bond donors (Lipinski definition) is 2. The first-order valence-electron chi connectivity index (χ1n) is 3.84. The Morgan fingerprint density at radius 2 is 2.07 bits per heavy atom. The maximum atomic E-state index is 11.2. The van der Waals surface area contributed by atoms with E-state index in [4.69, 9.17) is 11.5 Å². The highest BCUT2D eigenvalue weighted by Crippen LogP contribution is 2.14. The topological polar surface area (TPSA) is 113 Å². The van der Waals surface area contributed by atoms with Gasteiger partial charge in [-0.05, 0) is 0 Å². The van der Waals surface area contributed by atoms with E-state index in [2.05, 4.69) is 15.0 Å². The number of nitrogens with two attached hydrogens (primary N) is 2. The van der Waals surface area contributed by atoms with Crippen molar-refractivity contribution in [3.8, 4) is 0 Å². The predicted octanol–water partition coefficient (Wildman–Crippen LogP) is -1.11. The van der Waals surface area contributed by atoms with E-state index in [0.717, 1.165) is 0 Å². The highest BCUT2D eigenvalue weighted by molar-refractivity contribution is 5.85. The Balaban J connectivity index is 3.02. The largest absolute Gasteiger partial charge is 0.383 e. The SMILES string of the molecule is Cn1c(=O)ncc2c(N)nc(N)nc21. The van der Waals surface area contributed by atoms with Gasteiger partial charge in [-0.3, -0.25) is 4.57 Å². The second-order valence-electron chi connectivity index (χ2n) is 2.80. The van der Waals surface area contributed by atoms with Crippen LogP contribution in [0.3, 0.4) is 0 Å². The van der Waals surface area contributed by atoms with Crippen LogP contribution in [0.1, 0.15) is 0 Å². The third-order valence-corrected chi connectivity index (χ3v) is 1.88. The van der Waals surface area contributed by atoms with Gasteiger partial charge < -0.3 is 11.5 Å². The highest BCUT2D eigenvalue weighted by atomic mass is 16.1. The Labute approximate surface area is 78.4 Å². The molecule has 7 heteroatoms. The van der Waals surface area contributed by atoms with Crippen LogP contribution in [0.5, 0.6) is 0 Å². The molecule has 0 aliphatic carbocycles. The second-order valence-corrected chi connectivity index (χ2v) is 2.80. The van der Waals surface area contributed by atoms with E-state index in [-0.39, 0.29) is 11.8 Å². The molecule has 0 saturated heterocycles. The molecular weight excluding hydrogens is 184 g/mol. The van der Waals surface area contributed by atoms with Crippen molar-refractivity contribution in [2.75, 3.05) is 11.5 Å². The number of nitrogens with zero attached hydrogens (tertiary/aromatic N) is 4. The van der Waals surface area contributed by atoms with Crippen molar-refractivity contribution in [2.24, 2.45) is 7.05 Å². The summed E-state index contributed by atoms with van der Waals surface area (Å²) in [6.45, 7) is 0. The summed E-state index contributed by atoms with van der Waals surface area (Å²) in [6.07, 6.45) is 1.34. The molecule has 14 heavy (non-hydrogen) atoms. The Hall–Kier alpha value is -2.18. The number of fused-ring (bicyclic) bond motifs is 1. The Bertz CT molecular complexity index is 560. The van der Waals surface area contributed by atoms with Crippen molar-refractivity contribution in [1.29, 1.82) is 0 Å². The van der Waals surface area contributed by atoms with Crippen LogP contribution in [0, 0.1) is 0 Å². The number of aromatic nitrogens is 4. The Morgan fingerprint density at radius 3 is 2.79 bits per heavy atom. The van der Waals surface area contributed by atoms with Crippen molar-refractivity contribution in [2.45, 2.75) is 0 Å². The molecule has 0 atom stereocenters. The molecule has 0 unspecified atom stereocenters. The fourth-order valence-electron chi connectivity index (χ4n) is 1.17. The van der Waals surface area contributed by atoms with E-state index < -0.39 is 5.69 Å². The molecule has 72 valence electrons. The lowest BCUT2D eigenvalue weighted by atomic mass is 10.4. The summed E-state index contributed by atoms with van der Waals surface area (Å²) >= 11 is 0. The molecule has 0 bridgehead atoms. The van der Waals surface area contributed by atoms with Crippen LogP contribution in [-0.4, -0.2) is 19.5 Å². The first-order chi connectivity index (χ1) is 6.59. The first-order valence-corrected chi connectivity index (χ1v) is 3.84. The maximum Gasteiger partial charge on any atom is 0.348 e. The predicted molar refractivity (Wildman–Crippen MR) is 51.4 cm³/mol. The van der Waals surface area contributed by atoms with E-state index in [1.165, 1.54) is 10.8 Å². The number of rotatable bonds is 0. The summed E-state index contributed by atoms with van der Waals surface area (Å²) in [6, 6.07) is 0. The van der Waals surface area contributed by atoms with Crippen LogP contribution >= 0.6 is 0 Å². The van der Waals surface area contributed by atoms with Gasteiger partial charge in [0.25, 0.3) is 0 Å². The van der Waals surface area contributed by atoms with Crippen molar-refractivity contribution in [3.05, 3.63) is 16.7 Å². The standard InChI is InChI=1S/C7H8N6O/c1-13-5-3(2-10-7(13)14)4(8)11-6(9)12-5/h2H,1H3,(H4,8,9,11,12). The molecule has 0 aliphatic heterocycles. The zero-order valence-electron chi connectivity index (χ0n) is 7.43. The van der Waals surface area contributed by atoms with Crippen LogP contribution in [0.4, 0.5) is 11.8 Å². The minimum atomic E-state index is -0.407. The fourth-order valence-corrected chi connectivity index (χ4v) is 1.17. The molecule has 0 fully saturated rings. The molecule has 0 aromatic carbocycles. The average Bonchev–Trinajstić information content (AvgIpc) is 2.12. The quantitative estimate of drug-likeness (QED) is 0.547. The van der Waals surface area contributed by atoms with Gasteiger partial charge in [0.05, 0.1) is 5.39 Å². The van der Waals surface area contributed by atoms with Crippen LogP contribution in [0.25, 0.3) is 11.0 Å². The third kappa shape index (κ3) is 1.06. The van der Waals surface area contributed by atoms with E-state index >= 15 is 0 Å². The van der Waals surface area contributed by atoms with Gasteiger partial charge in [-0.1, -0.05) is 0 Å². The summed E-state index contributed by atoms with van der Waals surface area (Å²) in [5.74, 6) is 0.256. The molecule has 0 amide bonds. The Morgan fingerprint density at radius 1 is 1.36 bits per heavy atom. The zero-order chi connectivity index (χ0) is 10.3. The summed E-state index contributed by atoms with van der Waals surface area (Å²) in [5.41, 5.74) is 11.0. The average molecular weight is 192 g/mol. The van der Waals surface area contributed by atoms with Crippen LogP contribution in [-0.2, 0) is 7.05 Å².